The average Bonchev–Trinajstić information content (AvgIpc) is 2.32. The quantitative estimate of drug-likeness (QED) is 0.541. The molecule has 13 heavy (non-hydrogen) atoms. The zero-order valence-electron chi connectivity index (χ0n) is 9.57. The van der Waals surface area contributed by atoms with E-state index in [1.807, 2.05) is 0 Å². The molecule has 0 aliphatic heterocycles. The second-order valence-corrected chi connectivity index (χ2v) is 4.91. The standard InChI is InChI=1S/C13H26/c1-3-9-13(10-4-2)11-7-5-6-8-12-13/h3-12H2,1-2H3. The van der Waals surface area contributed by atoms with E-state index in [-0.39, 0.29) is 0 Å². The monoisotopic (exact) mass is 182 g/mol. The lowest BCUT2D eigenvalue weighted by atomic mass is 9.73. The highest BCUT2D eigenvalue weighted by Gasteiger charge is 2.28. The van der Waals surface area contributed by atoms with Gasteiger partial charge < -0.3 is 0 Å². The lowest BCUT2D eigenvalue weighted by Crippen LogP contribution is -2.19. The summed E-state index contributed by atoms with van der Waals surface area (Å²) in [6.45, 7) is 4.70. The molecule has 1 rings (SSSR count). The first-order valence-corrected chi connectivity index (χ1v) is 6.33. The molecule has 78 valence electrons. The van der Waals surface area contributed by atoms with E-state index < -0.39 is 0 Å². The summed E-state index contributed by atoms with van der Waals surface area (Å²) in [5.41, 5.74) is 0.764. The van der Waals surface area contributed by atoms with Crippen LogP contribution in [0.4, 0.5) is 0 Å². The number of rotatable bonds is 4. The van der Waals surface area contributed by atoms with E-state index in [0.29, 0.717) is 0 Å². The minimum Gasteiger partial charge on any atom is -0.0654 e. The van der Waals surface area contributed by atoms with Crippen LogP contribution < -0.4 is 0 Å². The van der Waals surface area contributed by atoms with Gasteiger partial charge >= 0.3 is 0 Å². The first-order chi connectivity index (χ1) is 6.33. The highest BCUT2D eigenvalue weighted by Crippen LogP contribution is 2.42. The molecule has 0 aromatic heterocycles. The lowest BCUT2D eigenvalue weighted by Gasteiger charge is -2.32. The van der Waals surface area contributed by atoms with Crippen molar-refractivity contribution in [1.29, 1.82) is 0 Å². The second-order valence-electron chi connectivity index (χ2n) is 4.91. The molecule has 0 radical (unpaired) electrons. The Morgan fingerprint density at radius 3 is 1.62 bits per heavy atom. The summed E-state index contributed by atoms with van der Waals surface area (Å²) < 4.78 is 0. The SMILES string of the molecule is CCCC1(CCC)CCCCCC1. The fourth-order valence-electron chi connectivity index (χ4n) is 3.16. The molecule has 0 heteroatoms. The van der Waals surface area contributed by atoms with Gasteiger partial charge in [-0.05, 0) is 31.1 Å². The molecule has 0 nitrogen and oxygen atoms in total. The third-order valence-electron chi connectivity index (χ3n) is 3.72. The first-order valence-electron chi connectivity index (χ1n) is 6.33. The van der Waals surface area contributed by atoms with E-state index in [1.165, 1.54) is 64.2 Å². The van der Waals surface area contributed by atoms with Crippen LogP contribution in [-0.2, 0) is 0 Å². The van der Waals surface area contributed by atoms with Crippen LogP contribution in [0.1, 0.15) is 78.1 Å². The predicted molar refractivity (Wildman–Crippen MR) is 60.0 cm³/mol. The Hall–Kier alpha value is 0. The Bertz CT molecular complexity index is 110. The van der Waals surface area contributed by atoms with Gasteiger partial charge in [-0.25, -0.2) is 0 Å². The molecule has 1 aliphatic rings. The van der Waals surface area contributed by atoms with Crippen LogP contribution in [0.25, 0.3) is 0 Å². The minimum absolute atomic E-state index is 0.764. The van der Waals surface area contributed by atoms with Crippen LogP contribution >= 0.6 is 0 Å². The Balaban J connectivity index is 2.50. The smallest absolute Gasteiger partial charge is 0.0298 e. The van der Waals surface area contributed by atoms with Crippen molar-refractivity contribution in [3.05, 3.63) is 0 Å². The summed E-state index contributed by atoms with van der Waals surface area (Å²) in [5.74, 6) is 0. The topological polar surface area (TPSA) is 0 Å². The number of hydrogen-bond donors (Lipinski definition) is 0. The van der Waals surface area contributed by atoms with Gasteiger partial charge in [-0.3, -0.25) is 0 Å². The van der Waals surface area contributed by atoms with Crippen molar-refractivity contribution < 1.29 is 0 Å². The molecule has 0 aromatic rings. The Morgan fingerprint density at radius 1 is 0.769 bits per heavy atom. The predicted octanol–water partition coefficient (Wildman–Crippen LogP) is 4.93. The summed E-state index contributed by atoms with van der Waals surface area (Å²) >= 11 is 0. The molecule has 0 bridgehead atoms. The molecule has 0 atom stereocenters. The summed E-state index contributed by atoms with van der Waals surface area (Å²) in [6, 6.07) is 0. The van der Waals surface area contributed by atoms with E-state index >= 15 is 0 Å². The van der Waals surface area contributed by atoms with E-state index in [1.54, 1.807) is 0 Å². The molecule has 0 amide bonds. The van der Waals surface area contributed by atoms with Crippen LogP contribution in [0, 0.1) is 5.41 Å². The van der Waals surface area contributed by atoms with Crippen LogP contribution in [0.5, 0.6) is 0 Å². The fourth-order valence-corrected chi connectivity index (χ4v) is 3.16. The van der Waals surface area contributed by atoms with Crippen molar-refractivity contribution in [2.75, 3.05) is 0 Å². The zero-order chi connectivity index (χ0) is 9.57. The van der Waals surface area contributed by atoms with Gasteiger partial charge in [0, 0.05) is 0 Å². The summed E-state index contributed by atoms with van der Waals surface area (Å²) in [4.78, 5) is 0. The van der Waals surface area contributed by atoms with Crippen molar-refractivity contribution in [3.63, 3.8) is 0 Å². The van der Waals surface area contributed by atoms with Gasteiger partial charge in [0.25, 0.3) is 0 Å². The molecule has 0 spiro atoms. The van der Waals surface area contributed by atoms with Crippen molar-refractivity contribution in [2.24, 2.45) is 5.41 Å². The highest BCUT2D eigenvalue weighted by molar-refractivity contribution is 4.80. The van der Waals surface area contributed by atoms with Crippen LogP contribution in [0.3, 0.4) is 0 Å². The highest BCUT2D eigenvalue weighted by atomic mass is 14.3. The fraction of sp³-hybridized carbons (Fsp3) is 1.00. The third-order valence-corrected chi connectivity index (χ3v) is 3.72. The largest absolute Gasteiger partial charge is 0.0654 e. The summed E-state index contributed by atoms with van der Waals surface area (Å²) in [6.07, 6.45) is 14.8. The van der Waals surface area contributed by atoms with Crippen LogP contribution in [0.15, 0.2) is 0 Å². The van der Waals surface area contributed by atoms with E-state index in [9.17, 15) is 0 Å². The van der Waals surface area contributed by atoms with Gasteiger partial charge in [-0.2, -0.15) is 0 Å². The minimum atomic E-state index is 0.764. The van der Waals surface area contributed by atoms with Crippen molar-refractivity contribution in [3.8, 4) is 0 Å². The summed E-state index contributed by atoms with van der Waals surface area (Å²) in [7, 11) is 0. The lowest BCUT2D eigenvalue weighted by molar-refractivity contribution is 0.199. The second kappa shape index (κ2) is 5.67. The molecule has 1 fully saturated rings. The van der Waals surface area contributed by atoms with E-state index in [4.69, 9.17) is 0 Å². The Labute approximate surface area is 84.1 Å². The normalized spacial score (nSPS) is 22.6. The number of hydrogen-bond acceptors (Lipinski definition) is 0. The molecule has 0 N–H and O–H groups in total. The van der Waals surface area contributed by atoms with Gasteiger partial charge in [0.15, 0.2) is 0 Å². The van der Waals surface area contributed by atoms with Gasteiger partial charge in [0.05, 0.1) is 0 Å². The van der Waals surface area contributed by atoms with Crippen LogP contribution in [-0.4, -0.2) is 0 Å². The third kappa shape index (κ3) is 3.32. The maximum Gasteiger partial charge on any atom is -0.0298 e. The molecule has 1 aliphatic carbocycles. The van der Waals surface area contributed by atoms with E-state index in [2.05, 4.69) is 13.8 Å². The molecular formula is C13H26. The van der Waals surface area contributed by atoms with Crippen molar-refractivity contribution in [2.45, 2.75) is 78.1 Å². The first kappa shape index (κ1) is 11.1. The molecule has 1 saturated carbocycles. The maximum atomic E-state index is 2.35. The van der Waals surface area contributed by atoms with Crippen molar-refractivity contribution in [1.82, 2.24) is 0 Å². The Kier molecular flexibility index (Phi) is 4.83. The maximum absolute atomic E-state index is 2.35. The van der Waals surface area contributed by atoms with E-state index in [0.717, 1.165) is 5.41 Å². The zero-order valence-corrected chi connectivity index (χ0v) is 9.57. The molecule has 0 unspecified atom stereocenters. The molecule has 0 heterocycles. The van der Waals surface area contributed by atoms with Gasteiger partial charge in [-0.15, -0.1) is 0 Å². The van der Waals surface area contributed by atoms with Crippen LogP contribution in [0.2, 0.25) is 0 Å². The Morgan fingerprint density at radius 2 is 1.23 bits per heavy atom. The molecular weight excluding hydrogens is 156 g/mol. The molecule has 0 aromatic carbocycles. The van der Waals surface area contributed by atoms with Crippen molar-refractivity contribution >= 4 is 0 Å². The average molecular weight is 182 g/mol. The van der Waals surface area contributed by atoms with Gasteiger partial charge in [0.1, 0.15) is 0 Å². The van der Waals surface area contributed by atoms with Gasteiger partial charge in [0.2, 0.25) is 0 Å². The molecule has 0 saturated heterocycles. The van der Waals surface area contributed by atoms with Gasteiger partial charge in [-0.1, -0.05) is 52.4 Å². The summed E-state index contributed by atoms with van der Waals surface area (Å²) in [5, 5.41) is 0.